The van der Waals surface area contributed by atoms with E-state index in [1.54, 1.807) is 0 Å². The van der Waals surface area contributed by atoms with E-state index >= 15 is 0 Å². The summed E-state index contributed by atoms with van der Waals surface area (Å²) in [4.78, 5) is 4.76. The average molecular weight is 861 g/mol. The van der Waals surface area contributed by atoms with Crippen LogP contribution in [0.15, 0.2) is 179 Å². The third-order valence-electron chi connectivity index (χ3n) is 13.8. The van der Waals surface area contributed by atoms with Crippen molar-refractivity contribution in [2.75, 3.05) is 9.80 Å². The third-order valence-corrected chi connectivity index (χ3v) is 13.8. The molecule has 0 radical (unpaired) electrons. The van der Waals surface area contributed by atoms with E-state index in [1.165, 1.54) is 22.3 Å². The molecule has 0 fully saturated rings. The van der Waals surface area contributed by atoms with Crippen LogP contribution in [0.25, 0.3) is 65.4 Å². The predicted octanol–water partition coefficient (Wildman–Crippen LogP) is 19.2. The molecule has 0 unspecified atom stereocenters. The van der Waals surface area contributed by atoms with Gasteiger partial charge in [-0.3, -0.25) is 0 Å². The summed E-state index contributed by atoms with van der Waals surface area (Å²) < 4.78 is 14.0. The minimum Gasteiger partial charge on any atom is -0.456 e. The van der Waals surface area contributed by atoms with Gasteiger partial charge in [0.15, 0.2) is 0 Å². The van der Waals surface area contributed by atoms with Crippen LogP contribution >= 0.6 is 0 Å². The SMILES string of the molecule is CC(C)c1ccc(N(c2ccc(C(C)C)cc2)c2cc3oc4cc5c(cc4c3c3ccccc23)oc2cc(N(c3ccc(C(C)C)cc3)c3ccc(C(C)C)cc3)c3ccccc3c25)cc1. The maximum absolute atomic E-state index is 7.02. The minimum atomic E-state index is 0.443. The smallest absolute Gasteiger partial charge is 0.138 e. The van der Waals surface area contributed by atoms with Crippen molar-refractivity contribution in [1.29, 1.82) is 0 Å². The van der Waals surface area contributed by atoms with Gasteiger partial charge in [-0.25, -0.2) is 0 Å². The Morgan fingerprint density at radius 1 is 0.288 bits per heavy atom. The second kappa shape index (κ2) is 16.3. The Bertz CT molecular complexity index is 3230. The van der Waals surface area contributed by atoms with Gasteiger partial charge in [0.2, 0.25) is 0 Å². The molecule has 0 N–H and O–H groups in total. The third kappa shape index (κ3) is 6.98. The van der Waals surface area contributed by atoms with Crippen molar-refractivity contribution >= 4 is 99.5 Å². The molecule has 0 saturated carbocycles. The first-order valence-electron chi connectivity index (χ1n) is 23.7. The number of anilines is 6. The fourth-order valence-electron chi connectivity index (χ4n) is 9.99. The first kappa shape index (κ1) is 41.4. The Morgan fingerprint density at radius 3 is 0.833 bits per heavy atom. The molecular weight excluding hydrogens is 805 g/mol. The molecule has 0 bridgehead atoms. The Labute approximate surface area is 387 Å². The highest BCUT2D eigenvalue weighted by Crippen LogP contribution is 2.49. The van der Waals surface area contributed by atoms with E-state index in [1.807, 2.05) is 0 Å². The summed E-state index contributed by atoms with van der Waals surface area (Å²) in [6, 6.07) is 62.5. The van der Waals surface area contributed by atoms with Crippen LogP contribution in [-0.4, -0.2) is 0 Å². The summed E-state index contributed by atoms with van der Waals surface area (Å²) >= 11 is 0. The van der Waals surface area contributed by atoms with Gasteiger partial charge in [0.05, 0.1) is 11.4 Å². The zero-order chi connectivity index (χ0) is 45.4. The first-order valence-corrected chi connectivity index (χ1v) is 23.7. The van der Waals surface area contributed by atoms with Crippen LogP contribution in [0.5, 0.6) is 0 Å². The van der Waals surface area contributed by atoms with Crippen LogP contribution in [0.2, 0.25) is 0 Å². The van der Waals surface area contributed by atoms with Gasteiger partial charge in [0.1, 0.15) is 22.3 Å². The van der Waals surface area contributed by atoms with Crippen molar-refractivity contribution in [3.05, 3.63) is 192 Å². The molecule has 0 aliphatic carbocycles. The van der Waals surface area contributed by atoms with Gasteiger partial charge in [0.25, 0.3) is 0 Å². The van der Waals surface area contributed by atoms with Crippen molar-refractivity contribution in [2.45, 2.75) is 79.1 Å². The van der Waals surface area contributed by atoms with Crippen molar-refractivity contribution in [1.82, 2.24) is 0 Å². The van der Waals surface area contributed by atoms with E-state index < -0.39 is 0 Å². The molecule has 0 spiro atoms. The fourth-order valence-corrected chi connectivity index (χ4v) is 9.99. The molecule has 4 heteroatoms. The summed E-state index contributed by atoms with van der Waals surface area (Å²) in [5, 5.41) is 8.82. The number of furan rings is 2. The van der Waals surface area contributed by atoms with E-state index in [2.05, 4.69) is 235 Å². The van der Waals surface area contributed by atoms with Crippen molar-refractivity contribution in [2.24, 2.45) is 0 Å². The zero-order valence-corrected chi connectivity index (χ0v) is 39.2. The highest BCUT2D eigenvalue weighted by Gasteiger charge is 2.24. The Kier molecular flexibility index (Phi) is 10.2. The van der Waals surface area contributed by atoms with Crippen LogP contribution < -0.4 is 9.80 Å². The van der Waals surface area contributed by atoms with E-state index in [9.17, 15) is 0 Å². The standard InChI is InChI=1S/C62H56N2O2/c1-37(2)41-17-25-45(26-18-41)63(46-27-19-42(20-28-46)38(3)4)55-35-59-61(51-15-11-9-13-49(51)55)53-33-58-54(34-57(53)65-59)62-52-16-12-10-14-50(52)56(36-60(62)66-58)64(47-29-21-43(22-30-47)39(5)6)48-31-23-44(24-32-48)40(7)8/h9-40H,1-8H3. The highest BCUT2D eigenvalue weighted by atomic mass is 16.3. The Morgan fingerprint density at radius 2 is 0.561 bits per heavy atom. The van der Waals surface area contributed by atoms with Crippen molar-refractivity contribution in [3.8, 4) is 0 Å². The van der Waals surface area contributed by atoms with E-state index in [4.69, 9.17) is 8.83 Å². The maximum Gasteiger partial charge on any atom is 0.138 e. The van der Waals surface area contributed by atoms with Crippen molar-refractivity contribution in [3.63, 3.8) is 0 Å². The van der Waals surface area contributed by atoms with Crippen LogP contribution in [0.1, 0.15) is 101 Å². The lowest BCUT2D eigenvalue weighted by atomic mass is 9.98. The van der Waals surface area contributed by atoms with Gasteiger partial charge in [-0.2, -0.15) is 0 Å². The van der Waals surface area contributed by atoms with E-state index in [0.29, 0.717) is 23.7 Å². The van der Waals surface area contributed by atoms with Crippen LogP contribution in [0.4, 0.5) is 34.1 Å². The molecule has 11 rings (SSSR count). The molecular formula is C62H56N2O2. The molecule has 0 saturated heterocycles. The molecule has 4 nitrogen and oxygen atoms in total. The number of hydrogen-bond acceptors (Lipinski definition) is 4. The predicted molar refractivity (Wildman–Crippen MR) is 282 cm³/mol. The molecule has 0 amide bonds. The quantitative estimate of drug-likeness (QED) is 0.137. The zero-order valence-electron chi connectivity index (χ0n) is 39.2. The summed E-state index contributed by atoms with van der Waals surface area (Å²) in [6.07, 6.45) is 0. The lowest BCUT2D eigenvalue weighted by Gasteiger charge is -2.27. The molecule has 0 aliphatic rings. The molecule has 326 valence electrons. The topological polar surface area (TPSA) is 32.8 Å². The van der Waals surface area contributed by atoms with Gasteiger partial charge in [0, 0.05) is 67.2 Å². The second-order valence-electron chi connectivity index (χ2n) is 19.3. The molecule has 0 atom stereocenters. The average Bonchev–Trinajstić information content (AvgIpc) is 3.88. The summed E-state index contributed by atoms with van der Waals surface area (Å²) in [7, 11) is 0. The molecule has 2 heterocycles. The van der Waals surface area contributed by atoms with Gasteiger partial charge in [-0.15, -0.1) is 0 Å². The Hall–Kier alpha value is -7.30. The van der Waals surface area contributed by atoms with Gasteiger partial charge < -0.3 is 18.6 Å². The number of benzene rings is 9. The second-order valence-corrected chi connectivity index (χ2v) is 19.3. The molecule has 0 aliphatic heterocycles. The highest BCUT2D eigenvalue weighted by molar-refractivity contribution is 6.28. The summed E-state index contributed by atoms with van der Waals surface area (Å²) in [6.45, 7) is 18.0. The number of rotatable bonds is 10. The summed E-state index contributed by atoms with van der Waals surface area (Å²) in [5.41, 5.74) is 15.2. The monoisotopic (exact) mass is 860 g/mol. The molecule has 9 aromatic carbocycles. The molecule has 66 heavy (non-hydrogen) atoms. The number of hydrogen-bond donors (Lipinski definition) is 0. The maximum atomic E-state index is 7.02. The van der Waals surface area contributed by atoms with Gasteiger partial charge in [-0.05, 0) is 117 Å². The van der Waals surface area contributed by atoms with Gasteiger partial charge >= 0.3 is 0 Å². The fraction of sp³-hybridized carbons (Fsp3) is 0.194. The van der Waals surface area contributed by atoms with Crippen molar-refractivity contribution < 1.29 is 8.83 Å². The van der Waals surface area contributed by atoms with Crippen LogP contribution in [0.3, 0.4) is 0 Å². The molecule has 11 aromatic rings. The lowest BCUT2D eigenvalue weighted by molar-refractivity contribution is 0.664. The van der Waals surface area contributed by atoms with E-state index in [-0.39, 0.29) is 0 Å². The summed E-state index contributed by atoms with van der Waals surface area (Å²) in [5.74, 6) is 1.77. The number of fused-ring (bicyclic) bond motifs is 10. The number of nitrogens with zero attached hydrogens (tertiary/aromatic N) is 2. The molecule has 2 aromatic heterocycles. The van der Waals surface area contributed by atoms with Gasteiger partial charge in [-0.1, -0.05) is 152 Å². The lowest BCUT2D eigenvalue weighted by Crippen LogP contribution is -2.11. The minimum absolute atomic E-state index is 0.443. The largest absolute Gasteiger partial charge is 0.456 e. The van der Waals surface area contributed by atoms with E-state index in [0.717, 1.165) is 99.5 Å². The van der Waals surface area contributed by atoms with Crippen LogP contribution in [-0.2, 0) is 0 Å². The normalized spacial score (nSPS) is 12.2. The Balaban J connectivity index is 1.11. The first-order chi connectivity index (χ1) is 32.0. The van der Waals surface area contributed by atoms with Crippen LogP contribution in [0, 0.1) is 0 Å².